The molecule has 1 saturated heterocycles. The summed E-state index contributed by atoms with van der Waals surface area (Å²) in [4.78, 5) is 17.3. The van der Waals surface area contributed by atoms with Crippen molar-refractivity contribution < 1.29 is 4.79 Å². The molecule has 1 aliphatic rings. The number of likely N-dealkylation sites (tertiary alicyclic amines) is 1. The zero-order chi connectivity index (χ0) is 10.7. The van der Waals surface area contributed by atoms with Crippen LogP contribution in [0.3, 0.4) is 0 Å². The Morgan fingerprint density at radius 3 is 3.00 bits per heavy atom. The Morgan fingerprint density at radius 1 is 1.53 bits per heavy atom. The van der Waals surface area contributed by atoms with Gasteiger partial charge in [0.15, 0.2) is 0 Å². The topological polar surface area (TPSA) is 33.2 Å². The van der Waals surface area contributed by atoms with Crippen LogP contribution in [0, 0.1) is 0 Å². The van der Waals surface area contributed by atoms with E-state index in [4.69, 9.17) is 0 Å². The minimum absolute atomic E-state index is 0.227. The van der Waals surface area contributed by atoms with Crippen LogP contribution in [0.5, 0.6) is 0 Å². The van der Waals surface area contributed by atoms with Crippen LogP contribution in [-0.4, -0.2) is 28.9 Å². The summed E-state index contributed by atoms with van der Waals surface area (Å²) < 4.78 is 0. The fourth-order valence-electron chi connectivity index (χ4n) is 1.74. The summed E-state index contributed by atoms with van der Waals surface area (Å²) >= 11 is 0. The molecule has 0 aromatic carbocycles. The first-order valence-corrected chi connectivity index (χ1v) is 5.12. The highest BCUT2D eigenvalue weighted by Gasteiger charge is 2.24. The van der Waals surface area contributed by atoms with E-state index in [2.05, 4.69) is 4.98 Å². The molecule has 1 aromatic rings. The lowest BCUT2D eigenvalue weighted by Crippen LogP contribution is -2.26. The molecule has 1 amide bonds. The number of amides is 1. The lowest BCUT2D eigenvalue weighted by atomic mass is 10.2. The highest BCUT2D eigenvalue weighted by molar-refractivity contribution is 5.79. The third-order valence-corrected chi connectivity index (χ3v) is 2.72. The Labute approximate surface area is 89.4 Å². The van der Waals surface area contributed by atoms with Gasteiger partial charge in [-0.05, 0) is 24.6 Å². The molecule has 0 spiro atoms. The zero-order valence-corrected chi connectivity index (χ0v) is 8.76. The zero-order valence-electron chi connectivity index (χ0n) is 8.76. The highest BCUT2D eigenvalue weighted by atomic mass is 16.2. The third kappa shape index (κ3) is 2.24. The Morgan fingerprint density at radius 2 is 2.40 bits per heavy atom. The van der Waals surface area contributed by atoms with E-state index in [0.29, 0.717) is 6.42 Å². The molecule has 0 radical (unpaired) electrons. The summed E-state index contributed by atoms with van der Waals surface area (Å²) in [6.07, 6.45) is 7.36. The van der Waals surface area contributed by atoms with Gasteiger partial charge in [-0.15, -0.1) is 0 Å². The van der Waals surface area contributed by atoms with Crippen LogP contribution in [0.4, 0.5) is 0 Å². The number of likely N-dealkylation sites (N-methyl/N-ethyl adjacent to an activating group) is 1. The summed E-state index contributed by atoms with van der Waals surface area (Å²) in [5.41, 5.74) is 0.935. The Hall–Kier alpha value is -1.64. The second-order valence-corrected chi connectivity index (χ2v) is 3.72. The quantitative estimate of drug-likeness (QED) is 0.731. The van der Waals surface area contributed by atoms with Gasteiger partial charge >= 0.3 is 0 Å². The van der Waals surface area contributed by atoms with Gasteiger partial charge in [0.05, 0.1) is 11.7 Å². The number of rotatable bonds is 2. The molecule has 15 heavy (non-hydrogen) atoms. The maximum atomic E-state index is 11.3. The van der Waals surface area contributed by atoms with E-state index in [1.165, 1.54) is 0 Å². The van der Waals surface area contributed by atoms with Crippen molar-refractivity contribution in [2.75, 3.05) is 7.05 Å². The van der Waals surface area contributed by atoms with E-state index >= 15 is 0 Å². The normalized spacial score (nSPS) is 21.5. The number of carbonyl (C=O) groups excluding carboxylic acids is 1. The smallest absolute Gasteiger partial charge is 0.222 e. The van der Waals surface area contributed by atoms with Crippen LogP contribution in [0.15, 0.2) is 30.5 Å². The average molecular weight is 202 g/mol. The maximum Gasteiger partial charge on any atom is 0.222 e. The summed E-state index contributed by atoms with van der Waals surface area (Å²) in [6, 6.07) is 6.03. The summed E-state index contributed by atoms with van der Waals surface area (Å²) in [7, 11) is 1.85. The standard InChI is InChI=1S/C12H14N2O/c1-14-11(7-8-12(14)15)6-5-10-4-2-3-9-13-10/h2-6,9,11H,7-8H2,1H3/b6-5-/t11-/m0/s1. The number of nitrogens with zero attached hydrogens (tertiary/aromatic N) is 2. The van der Waals surface area contributed by atoms with Gasteiger partial charge in [0, 0.05) is 19.7 Å². The Bertz CT molecular complexity index is 372. The molecule has 0 unspecified atom stereocenters. The first kappa shape index (κ1) is 9.90. The van der Waals surface area contributed by atoms with Crippen molar-refractivity contribution >= 4 is 12.0 Å². The van der Waals surface area contributed by atoms with Crippen LogP contribution in [-0.2, 0) is 4.79 Å². The SMILES string of the molecule is CN1C(=O)CC[C@@H]1/C=C\c1ccccn1. The molecular formula is C12H14N2O. The first-order chi connectivity index (χ1) is 7.27. The average Bonchev–Trinajstić information content (AvgIpc) is 2.59. The number of hydrogen-bond donors (Lipinski definition) is 0. The molecule has 1 aliphatic heterocycles. The minimum Gasteiger partial charge on any atom is -0.339 e. The fourth-order valence-corrected chi connectivity index (χ4v) is 1.74. The van der Waals surface area contributed by atoms with E-state index < -0.39 is 0 Å². The molecule has 1 fully saturated rings. The lowest BCUT2D eigenvalue weighted by Gasteiger charge is -2.15. The highest BCUT2D eigenvalue weighted by Crippen LogP contribution is 2.18. The van der Waals surface area contributed by atoms with Gasteiger partial charge < -0.3 is 4.90 Å². The van der Waals surface area contributed by atoms with Gasteiger partial charge in [-0.1, -0.05) is 12.1 Å². The predicted molar refractivity (Wildman–Crippen MR) is 59.1 cm³/mol. The Kier molecular flexibility index (Phi) is 2.81. The molecule has 0 aliphatic carbocycles. The lowest BCUT2D eigenvalue weighted by molar-refractivity contribution is -0.127. The van der Waals surface area contributed by atoms with Gasteiger partial charge in [-0.25, -0.2) is 0 Å². The molecule has 78 valence electrons. The van der Waals surface area contributed by atoms with E-state index in [0.717, 1.165) is 12.1 Å². The van der Waals surface area contributed by atoms with Gasteiger partial charge in [0.1, 0.15) is 0 Å². The molecule has 1 atom stereocenters. The molecule has 2 heterocycles. The van der Waals surface area contributed by atoms with Crippen LogP contribution in [0.2, 0.25) is 0 Å². The van der Waals surface area contributed by atoms with Crippen molar-refractivity contribution in [2.45, 2.75) is 18.9 Å². The fraction of sp³-hybridized carbons (Fsp3) is 0.333. The molecule has 3 heteroatoms. The largest absolute Gasteiger partial charge is 0.339 e. The van der Waals surface area contributed by atoms with Gasteiger partial charge in [0.25, 0.3) is 0 Å². The minimum atomic E-state index is 0.227. The number of carbonyl (C=O) groups is 1. The van der Waals surface area contributed by atoms with Crippen LogP contribution < -0.4 is 0 Å². The molecular weight excluding hydrogens is 188 g/mol. The van der Waals surface area contributed by atoms with Crippen LogP contribution in [0.25, 0.3) is 6.08 Å². The first-order valence-electron chi connectivity index (χ1n) is 5.12. The van der Waals surface area contributed by atoms with Crippen LogP contribution in [0.1, 0.15) is 18.5 Å². The third-order valence-electron chi connectivity index (χ3n) is 2.72. The van der Waals surface area contributed by atoms with Crippen molar-refractivity contribution in [3.05, 3.63) is 36.2 Å². The molecule has 0 N–H and O–H groups in total. The second kappa shape index (κ2) is 4.26. The molecule has 0 bridgehead atoms. The van der Waals surface area contributed by atoms with Crippen molar-refractivity contribution in [2.24, 2.45) is 0 Å². The van der Waals surface area contributed by atoms with E-state index in [1.807, 2.05) is 37.4 Å². The number of pyridine rings is 1. The van der Waals surface area contributed by atoms with E-state index in [1.54, 1.807) is 11.1 Å². The Balaban J connectivity index is 2.04. The van der Waals surface area contributed by atoms with E-state index in [-0.39, 0.29) is 11.9 Å². The molecule has 0 saturated carbocycles. The van der Waals surface area contributed by atoms with Gasteiger partial charge in [-0.2, -0.15) is 0 Å². The molecule has 3 nitrogen and oxygen atoms in total. The molecule has 2 rings (SSSR count). The second-order valence-electron chi connectivity index (χ2n) is 3.72. The van der Waals surface area contributed by atoms with Gasteiger partial charge in [-0.3, -0.25) is 9.78 Å². The maximum absolute atomic E-state index is 11.3. The monoisotopic (exact) mass is 202 g/mol. The van der Waals surface area contributed by atoms with Crippen molar-refractivity contribution in [3.8, 4) is 0 Å². The van der Waals surface area contributed by atoms with E-state index in [9.17, 15) is 4.79 Å². The van der Waals surface area contributed by atoms with Crippen molar-refractivity contribution in [1.29, 1.82) is 0 Å². The summed E-state index contributed by atoms with van der Waals surface area (Å²) in [5, 5.41) is 0. The summed E-state index contributed by atoms with van der Waals surface area (Å²) in [5.74, 6) is 0.227. The molecule has 1 aromatic heterocycles. The van der Waals surface area contributed by atoms with Crippen molar-refractivity contribution in [1.82, 2.24) is 9.88 Å². The van der Waals surface area contributed by atoms with Crippen molar-refractivity contribution in [3.63, 3.8) is 0 Å². The predicted octanol–water partition coefficient (Wildman–Crippen LogP) is 1.72. The van der Waals surface area contributed by atoms with Gasteiger partial charge in [0.2, 0.25) is 5.91 Å². The van der Waals surface area contributed by atoms with Crippen LogP contribution >= 0.6 is 0 Å². The summed E-state index contributed by atoms with van der Waals surface area (Å²) in [6.45, 7) is 0. The number of aromatic nitrogens is 1. The number of hydrogen-bond acceptors (Lipinski definition) is 2.